The van der Waals surface area contributed by atoms with Crippen molar-refractivity contribution >= 4 is 23.5 Å². The zero-order chi connectivity index (χ0) is 32.7. The van der Waals surface area contributed by atoms with Gasteiger partial charge in [-0.15, -0.1) is 0 Å². The quantitative estimate of drug-likeness (QED) is 0.151. The average molecular weight is 644 g/mol. The standard InChI is InChI=1S/C37H29ClF3NO4/c38-28-14-7-13-27(22-28)30-20-26(19-25-11-5-2-6-12-25)21-31(35(30)46-23-33(43)44)29-15-8-16-32(37(39,40)41)34(29)36(45)42-18-17-24-9-3-1-4-10-24/h1-16,20-22H,17-19,23H2,(H,42,45)(H,43,44). The molecule has 1 amide bonds. The molecule has 0 unspecified atom stereocenters. The fourth-order valence-corrected chi connectivity index (χ4v) is 5.48. The Bertz CT molecular complexity index is 1840. The molecule has 0 saturated heterocycles. The van der Waals surface area contributed by atoms with Gasteiger partial charge in [0.2, 0.25) is 0 Å². The minimum absolute atomic E-state index is 0.0131. The molecule has 0 spiro atoms. The van der Waals surface area contributed by atoms with Gasteiger partial charge in [0.25, 0.3) is 5.91 Å². The van der Waals surface area contributed by atoms with Crippen LogP contribution in [0.5, 0.6) is 5.75 Å². The number of carboxylic acids is 1. The molecule has 0 aliphatic rings. The summed E-state index contributed by atoms with van der Waals surface area (Å²) in [6.45, 7) is -0.672. The highest BCUT2D eigenvalue weighted by Crippen LogP contribution is 2.45. The summed E-state index contributed by atoms with van der Waals surface area (Å²) in [5, 5.41) is 12.6. The minimum Gasteiger partial charge on any atom is -0.481 e. The number of nitrogens with one attached hydrogen (secondary N) is 1. The summed E-state index contributed by atoms with van der Waals surface area (Å²) in [5.74, 6) is -2.18. The number of carboxylic acid groups (broad SMARTS) is 1. The van der Waals surface area contributed by atoms with Gasteiger partial charge in [-0.1, -0.05) is 96.5 Å². The number of amides is 1. The molecule has 0 fully saturated rings. The van der Waals surface area contributed by atoms with Gasteiger partial charge in [0.1, 0.15) is 5.75 Å². The van der Waals surface area contributed by atoms with Crippen molar-refractivity contribution in [1.82, 2.24) is 5.32 Å². The predicted molar refractivity (Wildman–Crippen MR) is 172 cm³/mol. The van der Waals surface area contributed by atoms with Crippen molar-refractivity contribution in [2.75, 3.05) is 13.2 Å². The Morgan fingerprint density at radius 2 is 1.39 bits per heavy atom. The predicted octanol–water partition coefficient (Wildman–Crippen LogP) is 8.72. The number of benzene rings is 5. The number of alkyl halides is 3. The van der Waals surface area contributed by atoms with Gasteiger partial charge in [-0.05, 0) is 71.0 Å². The van der Waals surface area contributed by atoms with Gasteiger partial charge < -0.3 is 15.2 Å². The molecule has 234 valence electrons. The van der Waals surface area contributed by atoms with Crippen LogP contribution in [0.15, 0.2) is 115 Å². The second-order valence-electron chi connectivity index (χ2n) is 10.6. The van der Waals surface area contributed by atoms with Crippen molar-refractivity contribution in [2.24, 2.45) is 0 Å². The molecule has 5 nitrogen and oxygen atoms in total. The lowest BCUT2D eigenvalue weighted by molar-refractivity contribution is -0.139. The molecule has 5 rings (SSSR count). The van der Waals surface area contributed by atoms with Crippen LogP contribution in [0.1, 0.15) is 32.6 Å². The number of rotatable bonds is 11. The zero-order valence-corrected chi connectivity index (χ0v) is 25.2. The van der Waals surface area contributed by atoms with Gasteiger partial charge in [0, 0.05) is 22.7 Å². The van der Waals surface area contributed by atoms with Crippen molar-refractivity contribution in [3.05, 3.63) is 148 Å². The van der Waals surface area contributed by atoms with Crippen molar-refractivity contribution in [3.63, 3.8) is 0 Å². The fraction of sp³-hybridized carbons (Fsp3) is 0.135. The molecule has 0 saturated carbocycles. The molecule has 0 heterocycles. The van der Waals surface area contributed by atoms with Crippen LogP contribution in [0.25, 0.3) is 22.3 Å². The fourth-order valence-electron chi connectivity index (χ4n) is 5.29. The Kier molecular flexibility index (Phi) is 10.1. The summed E-state index contributed by atoms with van der Waals surface area (Å²) in [5.41, 5.74) is 1.91. The zero-order valence-electron chi connectivity index (χ0n) is 24.5. The van der Waals surface area contributed by atoms with E-state index in [2.05, 4.69) is 5.32 Å². The number of hydrogen-bond donors (Lipinski definition) is 2. The van der Waals surface area contributed by atoms with Gasteiger partial charge in [-0.3, -0.25) is 4.79 Å². The molecule has 0 atom stereocenters. The highest BCUT2D eigenvalue weighted by atomic mass is 35.5. The molecule has 5 aromatic rings. The second kappa shape index (κ2) is 14.3. The van der Waals surface area contributed by atoms with Crippen LogP contribution >= 0.6 is 11.6 Å². The maximum atomic E-state index is 14.5. The van der Waals surface area contributed by atoms with Gasteiger partial charge in [0.05, 0.1) is 11.1 Å². The first-order valence-electron chi connectivity index (χ1n) is 14.4. The van der Waals surface area contributed by atoms with Crippen molar-refractivity contribution < 1.29 is 32.6 Å². The van der Waals surface area contributed by atoms with Crippen LogP contribution < -0.4 is 10.1 Å². The summed E-state index contributed by atoms with van der Waals surface area (Å²) in [6.07, 6.45) is -4.05. The van der Waals surface area contributed by atoms with E-state index < -0.39 is 35.8 Å². The number of halogens is 4. The largest absolute Gasteiger partial charge is 0.481 e. The number of carbonyl (C=O) groups is 2. The maximum Gasteiger partial charge on any atom is 0.417 e. The SMILES string of the molecule is O=C(O)COc1c(-c2cccc(Cl)c2)cc(Cc2ccccc2)cc1-c1cccc(C(F)(F)F)c1C(=O)NCCc1ccccc1. The van der Waals surface area contributed by atoms with Crippen LogP contribution in [-0.2, 0) is 23.8 Å². The van der Waals surface area contributed by atoms with E-state index in [4.69, 9.17) is 16.3 Å². The minimum atomic E-state index is -4.86. The normalized spacial score (nSPS) is 11.2. The van der Waals surface area contributed by atoms with E-state index in [-0.39, 0.29) is 23.4 Å². The monoisotopic (exact) mass is 643 g/mol. The lowest BCUT2D eigenvalue weighted by Gasteiger charge is -2.22. The first-order chi connectivity index (χ1) is 22.1. The van der Waals surface area contributed by atoms with Crippen molar-refractivity contribution in [2.45, 2.75) is 19.0 Å². The molecule has 0 aromatic heterocycles. The first-order valence-corrected chi connectivity index (χ1v) is 14.8. The van der Waals surface area contributed by atoms with Gasteiger partial charge >= 0.3 is 12.1 Å². The van der Waals surface area contributed by atoms with Crippen LogP contribution in [-0.4, -0.2) is 30.1 Å². The summed E-state index contributed by atoms with van der Waals surface area (Å²) in [4.78, 5) is 25.4. The average Bonchev–Trinajstić information content (AvgIpc) is 3.04. The van der Waals surface area contributed by atoms with E-state index in [1.165, 1.54) is 12.1 Å². The van der Waals surface area contributed by atoms with E-state index in [1.807, 2.05) is 60.7 Å². The van der Waals surface area contributed by atoms with Crippen molar-refractivity contribution in [1.29, 1.82) is 0 Å². The first kappa shape index (κ1) is 32.3. The van der Waals surface area contributed by atoms with E-state index in [9.17, 15) is 27.9 Å². The number of carbonyl (C=O) groups excluding carboxylic acids is 1. The molecule has 5 aromatic carbocycles. The second-order valence-corrected chi connectivity index (χ2v) is 11.0. The van der Waals surface area contributed by atoms with Gasteiger partial charge in [0.15, 0.2) is 6.61 Å². The Morgan fingerprint density at radius 3 is 2.04 bits per heavy atom. The Labute approximate surface area is 269 Å². The molecular formula is C37H29ClF3NO4. The summed E-state index contributed by atoms with van der Waals surface area (Å²) >= 11 is 6.32. The molecule has 46 heavy (non-hydrogen) atoms. The molecular weight excluding hydrogens is 615 g/mol. The van der Waals surface area contributed by atoms with E-state index in [0.717, 1.165) is 17.2 Å². The molecule has 0 aliphatic carbocycles. The molecule has 0 aliphatic heterocycles. The van der Waals surface area contributed by atoms with Crippen LogP contribution in [0, 0.1) is 0 Å². The number of aliphatic carboxylic acids is 1. The van der Waals surface area contributed by atoms with Crippen LogP contribution in [0.4, 0.5) is 13.2 Å². The smallest absolute Gasteiger partial charge is 0.417 e. The number of hydrogen-bond acceptors (Lipinski definition) is 3. The molecule has 0 radical (unpaired) electrons. The Balaban J connectivity index is 1.71. The maximum absolute atomic E-state index is 14.5. The molecule has 0 bridgehead atoms. The van der Waals surface area contributed by atoms with E-state index >= 15 is 0 Å². The Morgan fingerprint density at radius 1 is 0.739 bits per heavy atom. The van der Waals surface area contributed by atoms with E-state index in [0.29, 0.717) is 34.6 Å². The Hall–Kier alpha value is -5.08. The third kappa shape index (κ3) is 7.95. The topological polar surface area (TPSA) is 75.6 Å². The summed E-state index contributed by atoms with van der Waals surface area (Å²) < 4.78 is 49.3. The van der Waals surface area contributed by atoms with Crippen LogP contribution in [0.3, 0.4) is 0 Å². The highest BCUT2D eigenvalue weighted by Gasteiger charge is 2.37. The lowest BCUT2D eigenvalue weighted by atomic mass is 9.88. The summed E-state index contributed by atoms with van der Waals surface area (Å²) in [7, 11) is 0. The third-order valence-electron chi connectivity index (χ3n) is 7.30. The molecule has 2 N–H and O–H groups in total. The van der Waals surface area contributed by atoms with Gasteiger partial charge in [-0.25, -0.2) is 4.79 Å². The van der Waals surface area contributed by atoms with Crippen molar-refractivity contribution in [3.8, 4) is 28.0 Å². The number of ether oxygens (including phenoxy) is 1. The molecule has 9 heteroatoms. The van der Waals surface area contributed by atoms with Gasteiger partial charge in [-0.2, -0.15) is 13.2 Å². The third-order valence-corrected chi connectivity index (χ3v) is 7.54. The van der Waals surface area contributed by atoms with E-state index in [1.54, 1.807) is 36.4 Å². The highest BCUT2D eigenvalue weighted by molar-refractivity contribution is 6.30. The summed E-state index contributed by atoms with van der Waals surface area (Å²) in [6, 6.07) is 32.5. The van der Waals surface area contributed by atoms with Crippen LogP contribution in [0.2, 0.25) is 5.02 Å². The lowest BCUT2D eigenvalue weighted by Crippen LogP contribution is -2.29.